The van der Waals surface area contributed by atoms with Crippen LogP contribution in [0.3, 0.4) is 0 Å². The summed E-state index contributed by atoms with van der Waals surface area (Å²) in [6.45, 7) is 1.81. The molecule has 1 saturated heterocycles. The minimum absolute atomic E-state index is 0.0546. The highest BCUT2D eigenvalue weighted by molar-refractivity contribution is 6.30. The zero-order chi connectivity index (χ0) is 21.3. The molecule has 1 fully saturated rings. The standard InChI is InChI=1S/C20H19ClF2N4O3/c1-2-20(22,23)29-16-5-3-12(4-6-16)18-25-19(30-26-18)13-7-17(28)27(11-13)15-8-14(21)9-24-10-15/h3-6,8-10,13,17,28H,2,7,11H2,1H3. The van der Waals surface area contributed by atoms with Crippen molar-refractivity contribution in [2.24, 2.45) is 0 Å². The molecule has 2 atom stereocenters. The zero-order valence-electron chi connectivity index (χ0n) is 16.0. The summed E-state index contributed by atoms with van der Waals surface area (Å²) >= 11 is 5.99. The Morgan fingerprint density at radius 3 is 2.77 bits per heavy atom. The second kappa shape index (κ2) is 8.16. The number of aliphatic hydroxyl groups excluding tert-OH is 1. The minimum atomic E-state index is -3.21. The van der Waals surface area contributed by atoms with Crippen LogP contribution in [0, 0.1) is 0 Å². The molecular formula is C20H19ClF2N4O3. The predicted octanol–water partition coefficient (Wildman–Crippen LogP) is 4.48. The smallest absolute Gasteiger partial charge is 0.397 e. The summed E-state index contributed by atoms with van der Waals surface area (Å²) in [5.41, 5.74) is 1.31. The summed E-state index contributed by atoms with van der Waals surface area (Å²) < 4.78 is 36.7. The second-order valence-corrected chi connectivity index (χ2v) is 7.44. The number of aromatic nitrogens is 3. The number of halogens is 3. The van der Waals surface area contributed by atoms with Crippen LogP contribution in [-0.4, -0.2) is 39.1 Å². The summed E-state index contributed by atoms with van der Waals surface area (Å²) in [6, 6.07) is 7.77. The number of pyridine rings is 1. The Labute approximate surface area is 176 Å². The maximum Gasteiger partial charge on any atom is 0.397 e. The summed E-state index contributed by atoms with van der Waals surface area (Å²) in [5, 5.41) is 14.9. The molecule has 1 N–H and O–H groups in total. The highest BCUT2D eigenvalue weighted by Gasteiger charge is 2.35. The quantitative estimate of drug-likeness (QED) is 0.609. The van der Waals surface area contributed by atoms with Gasteiger partial charge in [0.1, 0.15) is 12.0 Å². The summed E-state index contributed by atoms with van der Waals surface area (Å²) in [4.78, 5) is 10.2. The van der Waals surface area contributed by atoms with E-state index >= 15 is 0 Å². The van der Waals surface area contributed by atoms with E-state index in [0.29, 0.717) is 41.0 Å². The fourth-order valence-electron chi connectivity index (χ4n) is 3.26. The molecule has 0 saturated carbocycles. The predicted molar refractivity (Wildman–Crippen MR) is 106 cm³/mol. The molecule has 0 radical (unpaired) electrons. The average Bonchev–Trinajstić information content (AvgIpc) is 3.35. The lowest BCUT2D eigenvalue weighted by atomic mass is 10.1. The van der Waals surface area contributed by atoms with Crippen LogP contribution in [0.5, 0.6) is 5.75 Å². The molecule has 3 heterocycles. The molecule has 0 amide bonds. The number of rotatable bonds is 6. The Morgan fingerprint density at radius 1 is 1.30 bits per heavy atom. The van der Waals surface area contributed by atoms with Crippen LogP contribution in [0.1, 0.15) is 31.6 Å². The fourth-order valence-corrected chi connectivity index (χ4v) is 3.43. The molecule has 1 aliphatic rings. The van der Waals surface area contributed by atoms with Crippen LogP contribution < -0.4 is 9.64 Å². The van der Waals surface area contributed by atoms with Crippen molar-refractivity contribution in [1.82, 2.24) is 15.1 Å². The van der Waals surface area contributed by atoms with E-state index in [1.165, 1.54) is 25.3 Å². The van der Waals surface area contributed by atoms with Gasteiger partial charge in [-0.3, -0.25) is 4.98 Å². The largest absolute Gasteiger partial charge is 0.433 e. The Morgan fingerprint density at radius 2 is 2.07 bits per heavy atom. The van der Waals surface area contributed by atoms with Gasteiger partial charge >= 0.3 is 6.11 Å². The monoisotopic (exact) mass is 436 g/mol. The molecule has 158 valence electrons. The maximum atomic E-state index is 13.3. The number of aliphatic hydroxyl groups is 1. The number of alkyl halides is 2. The van der Waals surface area contributed by atoms with Crippen LogP contribution >= 0.6 is 11.6 Å². The summed E-state index contributed by atoms with van der Waals surface area (Å²) in [5.74, 6) is 0.598. The van der Waals surface area contributed by atoms with Gasteiger partial charge in [0.15, 0.2) is 0 Å². The number of anilines is 1. The van der Waals surface area contributed by atoms with Gasteiger partial charge in [0.2, 0.25) is 11.7 Å². The van der Waals surface area contributed by atoms with Crippen molar-refractivity contribution in [3.05, 3.63) is 53.6 Å². The number of benzene rings is 1. The van der Waals surface area contributed by atoms with Crippen molar-refractivity contribution in [2.75, 3.05) is 11.4 Å². The van der Waals surface area contributed by atoms with Gasteiger partial charge in [-0.25, -0.2) is 0 Å². The first-order valence-electron chi connectivity index (χ1n) is 9.41. The number of nitrogens with zero attached hydrogens (tertiary/aromatic N) is 4. The van der Waals surface area contributed by atoms with Crippen LogP contribution in [0.2, 0.25) is 5.02 Å². The Kier molecular flexibility index (Phi) is 5.57. The fraction of sp³-hybridized carbons (Fsp3) is 0.350. The molecule has 7 nitrogen and oxygen atoms in total. The topological polar surface area (TPSA) is 84.5 Å². The van der Waals surface area contributed by atoms with Gasteiger partial charge in [-0.05, 0) is 30.3 Å². The van der Waals surface area contributed by atoms with Crippen LogP contribution in [0.25, 0.3) is 11.4 Å². The molecule has 2 unspecified atom stereocenters. The van der Waals surface area contributed by atoms with Gasteiger partial charge < -0.3 is 19.3 Å². The van der Waals surface area contributed by atoms with E-state index in [4.69, 9.17) is 16.1 Å². The molecule has 10 heteroatoms. The number of ether oxygens (including phenoxy) is 1. The molecule has 0 spiro atoms. The van der Waals surface area contributed by atoms with E-state index in [1.807, 2.05) is 0 Å². The highest BCUT2D eigenvalue weighted by atomic mass is 35.5. The van der Waals surface area contributed by atoms with Crippen LogP contribution in [0.15, 0.2) is 47.2 Å². The summed E-state index contributed by atoms with van der Waals surface area (Å²) in [7, 11) is 0. The first kappa shape index (κ1) is 20.5. The third-order valence-electron chi connectivity index (χ3n) is 4.88. The third-order valence-corrected chi connectivity index (χ3v) is 5.08. The van der Waals surface area contributed by atoms with Crippen molar-refractivity contribution < 1.29 is 23.1 Å². The van der Waals surface area contributed by atoms with Gasteiger partial charge in [-0.15, -0.1) is 0 Å². The Balaban J connectivity index is 1.47. The van der Waals surface area contributed by atoms with Crippen LogP contribution in [-0.2, 0) is 0 Å². The highest BCUT2D eigenvalue weighted by Crippen LogP contribution is 2.35. The number of hydrogen-bond acceptors (Lipinski definition) is 7. The van der Waals surface area contributed by atoms with E-state index in [9.17, 15) is 13.9 Å². The third kappa shape index (κ3) is 4.36. The first-order valence-corrected chi connectivity index (χ1v) is 9.78. The average molecular weight is 437 g/mol. The lowest BCUT2D eigenvalue weighted by molar-refractivity contribution is -0.177. The second-order valence-electron chi connectivity index (χ2n) is 7.00. The van der Waals surface area contributed by atoms with Crippen molar-refractivity contribution in [1.29, 1.82) is 0 Å². The van der Waals surface area contributed by atoms with Gasteiger partial charge in [-0.1, -0.05) is 23.7 Å². The van der Waals surface area contributed by atoms with E-state index in [2.05, 4.69) is 19.9 Å². The molecule has 1 aromatic carbocycles. The van der Waals surface area contributed by atoms with E-state index in [1.54, 1.807) is 29.3 Å². The van der Waals surface area contributed by atoms with E-state index < -0.39 is 18.8 Å². The van der Waals surface area contributed by atoms with Crippen LogP contribution in [0.4, 0.5) is 14.5 Å². The molecule has 4 rings (SSSR count). The number of hydrogen-bond donors (Lipinski definition) is 1. The Hall–Kier alpha value is -2.78. The van der Waals surface area contributed by atoms with Gasteiger partial charge in [0.05, 0.1) is 22.8 Å². The lowest BCUT2D eigenvalue weighted by Crippen LogP contribution is -2.28. The van der Waals surface area contributed by atoms with Crippen molar-refractivity contribution in [3.8, 4) is 17.1 Å². The van der Waals surface area contributed by atoms with E-state index in [-0.39, 0.29) is 11.7 Å². The van der Waals surface area contributed by atoms with Gasteiger partial charge in [-0.2, -0.15) is 13.8 Å². The molecule has 30 heavy (non-hydrogen) atoms. The summed E-state index contributed by atoms with van der Waals surface area (Å²) in [6.07, 6.45) is -0.806. The molecular weight excluding hydrogens is 418 g/mol. The molecule has 0 bridgehead atoms. The lowest BCUT2D eigenvalue weighted by Gasteiger charge is -2.22. The van der Waals surface area contributed by atoms with E-state index in [0.717, 1.165) is 0 Å². The molecule has 3 aromatic rings. The first-order chi connectivity index (χ1) is 14.3. The Bertz CT molecular complexity index is 1020. The molecule has 0 aliphatic carbocycles. The maximum absolute atomic E-state index is 13.3. The van der Waals surface area contributed by atoms with Gasteiger partial charge in [0, 0.05) is 31.1 Å². The van der Waals surface area contributed by atoms with Gasteiger partial charge in [0.25, 0.3) is 0 Å². The SMILES string of the molecule is CCC(F)(F)Oc1ccc(-c2noc(C3CC(O)N(c4cncc(Cl)c4)C3)n2)cc1. The zero-order valence-corrected chi connectivity index (χ0v) is 16.8. The molecule has 1 aliphatic heterocycles. The van der Waals surface area contributed by atoms with Crippen molar-refractivity contribution in [3.63, 3.8) is 0 Å². The minimum Gasteiger partial charge on any atom is -0.433 e. The normalized spacial score (nSPS) is 19.3. The molecule has 2 aromatic heterocycles. The van der Waals surface area contributed by atoms with Crippen molar-refractivity contribution >= 4 is 17.3 Å². The van der Waals surface area contributed by atoms with Crippen molar-refractivity contribution in [2.45, 2.75) is 38.0 Å².